The molecule has 1 atom stereocenters. The maximum absolute atomic E-state index is 11.7. The van der Waals surface area contributed by atoms with Crippen LogP contribution in [0.1, 0.15) is 6.92 Å². The van der Waals surface area contributed by atoms with Crippen LogP contribution in [0.3, 0.4) is 0 Å². The van der Waals surface area contributed by atoms with Gasteiger partial charge in [-0.25, -0.2) is 4.79 Å². The van der Waals surface area contributed by atoms with E-state index in [4.69, 9.17) is 4.74 Å². The summed E-state index contributed by atoms with van der Waals surface area (Å²) in [6.07, 6.45) is 0.0962. The average molecular weight is 228 g/mol. The molecule has 7 heteroatoms. The molecule has 2 heterocycles. The molecule has 0 aromatic carbocycles. The van der Waals surface area contributed by atoms with Crippen molar-refractivity contribution in [3.8, 4) is 0 Å². The van der Waals surface area contributed by atoms with Gasteiger partial charge in [0, 0.05) is 13.1 Å². The van der Waals surface area contributed by atoms with Gasteiger partial charge in [0.15, 0.2) is 0 Å². The molecule has 0 unspecified atom stereocenters. The van der Waals surface area contributed by atoms with Crippen molar-refractivity contribution in [1.29, 1.82) is 0 Å². The Morgan fingerprint density at radius 3 is 3.33 bits per heavy atom. The summed E-state index contributed by atoms with van der Waals surface area (Å²) in [5.41, 5.74) is 1.58. The third kappa shape index (κ3) is 2.63. The fourth-order valence-electron chi connectivity index (χ4n) is 1.40. The van der Waals surface area contributed by atoms with Crippen molar-refractivity contribution >= 4 is 22.5 Å². The highest BCUT2D eigenvalue weighted by Gasteiger charge is 2.21. The van der Waals surface area contributed by atoms with Gasteiger partial charge in [0.1, 0.15) is 5.51 Å². The first-order chi connectivity index (χ1) is 7.25. The number of carbonyl (C=O) groups excluding carboxylic acids is 1. The third-order valence-corrected chi connectivity index (χ3v) is 2.71. The van der Waals surface area contributed by atoms with E-state index in [-0.39, 0.29) is 12.1 Å². The number of urea groups is 1. The van der Waals surface area contributed by atoms with Crippen LogP contribution in [0.15, 0.2) is 5.51 Å². The summed E-state index contributed by atoms with van der Waals surface area (Å²) in [5, 5.41) is 10.6. The molecule has 0 aliphatic carbocycles. The normalized spacial score (nSPS) is 21.4. The molecular weight excluding hydrogens is 216 g/mol. The van der Waals surface area contributed by atoms with Crippen molar-refractivity contribution in [3.05, 3.63) is 5.51 Å². The van der Waals surface area contributed by atoms with Crippen molar-refractivity contribution < 1.29 is 9.53 Å². The highest BCUT2D eigenvalue weighted by Crippen LogP contribution is 2.11. The number of carbonyl (C=O) groups is 1. The predicted octanol–water partition coefficient (Wildman–Crippen LogP) is 0.791. The first-order valence-electron chi connectivity index (χ1n) is 4.69. The topological polar surface area (TPSA) is 67.4 Å². The van der Waals surface area contributed by atoms with E-state index in [1.54, 1.807) is 10.4 Å². The van der Waals surface area contributed by atoms with Gasteiger partial charge in [0.2, 0.25) is 5.13 Å². The lowest BCUT2D eigenvalue weighted by Gasteiger charge is -2.30. The van der Waals surface area contributed by atoms with Gasteiger partial charge in [0.05, 0.1) is 12.7 Å². The van der Waals surface area contributed by atoms with E-state index in [0.717, 1.165) is 0 Å². The summed E-state index contributed by atoms with van der Waals surface area (Å²) in [7, 11) is 0. The number of amides is 2. The van der Waals surface area contributed by atoms with Gasteiger partial charge in [-0.2, -0.15) is 0 Å². The summed E-state index contributed by atoms with van der Waals surface area (Å²) in [5.74, 6) is 0. The highest BCUT2D eigenvalue weighted by molar-refractivity contribution is 7.13. The van der Waals surface area contributed by atoms with Gasteiger partial charge in [-0.15, -0.1) is 10.2 Å². The van der Waals surface area contributed by atoms with Crippen molar-refractivity contribution in [2.45, 2.75) is 13.0 Å². The van der Waals surface area contributed by atoms with E-state index in [1.165, 1.54) is 11.3 Å². The Labute approximate surface area is 91.2 Å². The molecule has 1 fully saturated rings. The molecule has 1 saturated heterocycles. The van der Waals surface area contributed by atoms with E-state index in [1.807, 2.05) is 6.92 Å². The molecule has 1 aliphatic rings. The second kappa shape index (κ2) is 4.54. The van der Waals surface area contributed by atoms with Gasteiger partial charge >= 0.3 is 6.03 Å². The van der Waals surface area contributed by atoms with Crippen LogP contribution in [0.4, 0.5) is 9.93 Å². The Morgan fingerprint density at radius 2 is 2.67 bits per heavy atom. The largest absolute Gasteiger partial charge is 0.375 e. The SMILES string of the molecule is C[C@@H]1CN(C(=O)Nc2nncs2)CCO1. The van der Waals surface area contributed by atoms with Gasteiger partial charge in [0.25, 0.3) is 0 Å². The van der Waals surface area contributed by atoms with E-state index >= 15 is 0 Å². The van der Waals surface area contributed by atoms with Crippen LogP contribution in [-0.4, -0.2) is 46.9 Å². The Kier molecular flexibility index (Phi) is 3.12. The summed E-state index contributed by atoms with van der Waals surface area (Å²) in [4.78, 5) is 13.4. The van der Waals surface area contributed by atoms with E-state index in [0.29, 0.717) is 24.8 Å². The Hall–Kier alpha value is -1.21. The molecule has 0 radical (unpaired) electrons. The van der Waals surface area contributed by atoms with Crippen molar-refractivity contribution in [2.24, 2.45) is 0 Å². The second-order valence-corrected chi connectivity index (χ2v) is 4.13. The highest BCUT2D eigenvalue weighted by atomic mass is 32.1. The molecule has 6 nitrogen and oxygen atoms in total. The first kappa shape index (κ1) is 10.3. The lowest BCUT2D eigenvalue weighted by atomic mass is 10.3. The number of ether oxygens (including phenoxy) is 1. The Balaban J connectivity index is 1.90. The molecule has 0 spiro atoms. The molecule has 1 aliphatic heterocycles. The molecule has 1 aromatic rings. The van der Waals surface area contributed by atoms with E-state index < -0.39 is 0 Å². The molecule has 0 bridgehead atoms. The standard InChI is InChI=1S/C8H12N4O2S/c1-6-4-12(2-3-14-6)8(13)10-7-11-9-5-15-7/h5-6H,2-4H2,1H3,(H,10,11,13)/t6-/m1/s1. The average Bonchev–Trinajstić information content (AvgIpc) is 2.70. The molecule has 1 aromatic heterocycles. The molecule has 2 amide bonds. The van der Waals surface area contributed by atoms with Gasteiger partial charge in [-0.3, -0.25) is 5.32 Å². The van der Waals surface area contributed by atoms with E-state index in [9.17, 15) is 4.79 Å². The molecule has 0 saturated carbocycles. The maximum atomic E-state index is 11.7. The number of nitrogens with zero attached hydrogens (tertiary/aromatic N) is 3. The zero-order valence-corrected chi connectivity index (χ0v) is 9.16. The zero-order valence-electron chi connectivity index (χ0n) is 8.34. The number of morpholine rings is 1. The van der Waals surface area contributed by atoms with Crippen LogP contribution in [0.5, 0.6) is 0 Å². The number of nitrogens with one attached hydrogen (secondary N) is 1. The van der Waals surface area contributed by atoms with Crippen LogP contribution < -0.4 is 5.32 Å². The van der Waals surface area contributed by atoms with Crippen LogP contribution in [0.25, 0.3) is 0 Å². The maximum Gasteiger partial charge on any atom is 0.323 e. The number of aromatic nitrogens is 2. The molecule has 15 heavy (non-hydrogen) atoms. The van der Waals surface area contributed by atoms with Gasteiger partial charge < -0.3 is 9.64 Å². The monoisotopic (exact) mass is 228 g/mol. The molecular formula is C8H12N4O2S. The minimum atomic E-state index is -0.137. The lowest BCUT2D eigenvalue weighted by molar-refractivity contribution is -0.00138. The fourth-order valence-corrected chi connectivity index (χ4v) is 1.84. The molecule has 2 rings (SSSR count). The van der Waals surface area contributed by atoms with Crippen LogP contribution in [-0.2, 0) is 4.74 Å². The molecule has 1 N–H and O–H groups in total. The lowest BCUT2D eigenvalue weighted by Crippen LogP contribution is -2.46. The van der Waals surface area contributed by atoms with Crippen molar-refractivity contribution in [3.63, 3.8) is 0 Å². The number of rotatable bonds is 1. The minimum Gasteiger partial charge on any atom is -0.375 e. The van der Waals surface area contributed by atoms with Crippen LogP contribution >= 0.6 is 11.3 Å². The van der Waals surface area contributed by atoms with Crippen molar-refractivity contribution in [1.82, 2.24) is 15.1 Å². The van der Waals surface area contributed by atoms with Gasteiger partial charge in [-0.05, 0) is 6.92 Å². The number of anilines is 1. The summed E-state index contributed by atoms with van der Waals surface area (Å²) >= 11 is 1.30. The Morgan fingerprint density at radius 1 is 1.80 bits per heavy atom. The second-order valence-electron chi connectivity index (χ2n) is 3.30. The summed E-state index contributed by atoms with van der Waals surface area (Å²) < 4.78 is 5.35. The smallest absolute Gasteiger partial charge is 0.323 e. The number of hydrogen-bond donors (Lipinski definition) is 1. The summed E-state index contributed by atoms with van der Waals surface area (Å²) in [6, 6.07) is -0.137. The first-order valence-corrected chi connectivity index (χ1v) is 5.57. The third-order valence-electron chi connectivity index (χ3n) is 2.10. The zero-order chi connectivity index (χ0) is 10.7. The van der Waals surface area contributed by atoms with Crippen molar-refractivity contribution in [2.75, 3.05) is 25.0 Å². The number of hydrogen-bond acceptors (Lipinski definition) is 5. The Bertz CT molecular complexity index is 329. The van der Waals surface area contributed by atoms with Gasteiger partial charge in [-0.1, -0.05) is 11.3 Å². The van der Waals surface area contributed by atoms with E-state index in [2.05, 4.69) is 15.5 Å². The minimum absolute atomic E-state index is 0.0962. The molecule has 82 valence electrons. The fraction of sp³-hybridized carbons (Fsp3) is 0.625. The van der Waals surface area contributed by atoms with Crippen LogP contribution in [0.2, 0.25) is 0 Å². The quantitative estimate of drug-likeness (QED) is 0.771. The van der Waals surface area contributed by atoms with Crippen LogP contribution in [0, 0.1) is 0 Å². The predicted molar refractivity (Wildman–Crippen MR) is 55.9 cm³/mol. The summed E-state index contributed by atoms with van der Waals surface area (Å²) in [6.45, 7) is 3.77.